The summed E-state index contributed by atoms with van der Waals surface area (Å²) in [6, 6.07) is 16.5. The topological polar surface area (TPSA) is 60.3 Å². The van der Waals surface area contributed by atoms with Crippen LogP contribution in [0.15, 0.2) is 53.7 Å². The van der Waals surface area contributed by atoms with Crippen molar-refractivity contribution in [3.05, 3.63) is 59.7 Å². The molecule has 7 heteroatoms. The second-order valence-electron chi connectivity index (χ2n) is 7.13. The van der Waals surface area contributed by atoms with E-state index in [1.165, 1.54) is 22.9 Å². The fraction of sp³-hybridized carbons (Fsp3) is 0.318. The first kappa shape index (κ1) is 19.7. The van der Waals surface area contributed by atoms with Gasteiger partial charge >= 0.3 is 0 Å². The SMILES string of the molecule is Cc1ccc(-c2nnc(SCC(=O)N3CCOCC3)n2-c2ccc(C)cc2)cc1. The Balaban J connectivity index is 1.63. The molecule has 0 aliphatic carbocycles. The first-order valence-corrected chi connectivity index (χ1v) is 10.7. The number of benzene rings is 2. The van der Waals surface area contributed by atoms with Crippen LogP contribution in [0.4, 0.5) is 0 Å². The van der Waals surface area contributed by atoms with Crippen LogP contribution in [0, 0.1) is 13.8 Å². The van der Waals surface area contributed by atoms with Crippen molar-refractivity contribution in [2.75, 3.05) is 32.1 Å². The quantitative estimate of drug-likeness (QED) is 0.605. The van der Waals surface area contributed by atoms with Gasteiger partial charge in [0, 0.05) is 24.3 Å². The van der Waals surface area contributed by atoms with Gasteiger partial charge in [-0.15, -0.1) is 10.2 Å². The number of carbonyl (C=O) groups excluding carboxylic acids is 1. The molecular weight excluding hydrogens is 384 g/mol. The largest absolute Gasteiger partial charge is 0.378 e. The lowest BCUT2D eigenvalue weighted by molar-refractivity contribution is -0.132. The van der Waals surface area contributed by atoms with E-state index >= 15 is 0 Å². The van der Waals surface area contributed by atoms with E-state index < -0.39 is 0 Å². The third kappa shape index (κ3) is 4.52. The predicted octanol–water partition coefficient (Wildman–Crippen LogP) is 3.50. The number of nitrogens with zero attached hydrogens (tertiary/aromatic N) is 4. The summed E-state index contributed by atoms with van der Waals surface area (Å²) in [7, 11) is 0. The normalized spacial score (nSPS) is 14.2. The highest BCUT2D eigenvalue weighted by molar-refractivity contribution is 7.99. The van der Waals surface area contributed by atoms with E-state index in [9.17, 15) is 4.79 Å². The highest BCUT2D eigenvalue weighted by Crippen LogP contribution is 2.28. The Kier molecular flexibility index (Phi) is 5.97. The molecular formula is C22H24N4O2S. The maximum absolute atomic E-state index is 12.6. The third-order valence-electron chi connectivity index (χ3n) is 4.92. The molecule has 0 N–H and O–H groups in total. The third-order valence-corrected chi connectivity index (χ3v) is 5.84. The Morgan fingerprint density at radius 3 is 2.24 bits per heavy atom. The van der Waals surface area contributed by atoms with E-state index in [2.05, 4.69) is 72.6 Å². The van der Waals surface area contributed by atoms with Crippen LogP contribution in [0.3, 0.4) is 0 Å². The van der Waals surface area contributed by atoms with Crippen molar-refractivity contribution in [2.24, 2.45) is 0 Å². The van der Waals surface area contributed by atoms with Crippen LogP contribution < -0.4 is 0 Å². The zero-order valence-electron chi connectivity index (χ0n) is 16.7. The lowest BCUT2D eigenvalue weighted by atomic mass is 10.1. The van der Waals surface area contributed by atoms with Crippen molar-refractivity contribution >= 4 is 17.7 Å². The van der Waals surface area contributed by atoms with Crippen LogP contribution in [0.25, 0.3) is 17.1 Å². The molecule has 0 atom stereocenters. The van der Waals surface area contributed by atoms with Gasteiger partial charge in [0.2, 0.25) is 5.91 Å². The number of aryl methyl sites for hydroxylation is 2. The molecule has 29 heavy (non-hydrogen) atoms. The average Bonchev–Trinajstić information content (AvgIpc) is 3.17. The molecule has 4 rings (SSSR count). The molecule has 0 saturated carbocycles. The van der Waals surface area contributed by atoms with Gasteiger partial charge in [0.25, 0.3) is 0 Å². The van der Waals surface area contributed by atoms with E-state index in [1.807, 2.05) is 9.47 Å². The molecule has 1 aliphatic heterocycles. The molecule has 1 aromatic heterocycles. The summed E-state index contributed by atoms with van der Waals surface area (Å²) in [4.78, 5) is 14.4. The Hall–Kier alpha value is -2.64. The minimum Gasteiger partial charge on any atom is -0.378 e. The highest BCUT2D eigenvalue weighted by atomic mass is 32.2. The molecule has 2 heterocycles. The van der Waals surface area contributed by atoms with Crippen molar-refractivity contribution in [3.8, 4) is 17.1 Å². The first-order valence-electron chi connectivity index (χ1n) is 9.69. The molecule has 150 valence electrons. The number of carbonyl (C=O) groups is 1. The summed E-state index contributed by atoms with van der Waals surface area (Å²) in [5.74, 6) is 1.21. The Labute approximate surface area is 174 Å². The molecule has 0 unspecified atom stereocenters. The standard InChI is InChI=1S/C22H24N4O2S/c1-16-3-7-18(8-4-16)21-23-24-22(26(21)19-9-5-17(2)6-10-19)29-15-20(27)25-11-13-28-14-12-25/h3-10H,11-15H2,1-2H3. The Morgan fingerprint density at radius 2 is 1.59 bits per heavy atom. The molecule has 6 nitrogen and oxygen atoms in total. The van der Waals surface area contributed by atoms with Gasteiger partial charge in [0.1, 0.15) is 0 Å². The van der Waals surface area contributed by atoms with Gasteiger partial charge in [-0.25, -0.2) is 0 Å². The molecule has 0 radical (unpaired) electrons. The van der Waals surface area contributed by atoms with Gasteiger partial charge in [-0.2, -0.15) is 0 Å². The Bertz CT molecular complexity index is 977. The number of ether oxygens (including phenoxy) is 1. The van der Waals surface area contributed by atoms with Gasteiger partial charge < -0.3 is 9.64 Å². The lowest BCUT2D eigenvalue weighted by Gasteiger charge is -2.26. The van der Waals surface area contributed by atoms with Crippen molar-refractivity contribution in [3.63, 3.8) is 0 Å². The summed E-state index contributed by atoms with van der Waals surface area (Å²) in [5, 5.41) is 9.58. The second-order valence-corrected chi connectivity index (χ2v) is 8.07. The van der Waals surface area contributed by atoms with E-state index in [0.717, 1.165) is 17.1 Å². The van der Waals surface area contributed by atoms with Gasteiger partial charge in [0.15, 0.2) is 11.0 Å². The number of morpholine rings is 1. The fourth-order valence-electron chi connectivity index (χ4n) is 3.21. The number of hydrogen-bond acceptors (Lipinski definition) is 5. The molecule has 3 aromatic rings. The highest BCUT2D eigenvalue weighted by Gasteiger charge is 2.20. The number of aromatic nitrogens is 3. The maximum Gasteiger partial charge on any atom is 0.233 e. The fourth-order valence-corrected chi connectivity index (χ4v) is 4.06. The molecule has 1 saturated heterocycles. The van der Waals surface area contributed by atoms with Crippen molar-refractivity contribution < 1.29 is 9.53 Å². The summed E-state index contributed by atoms with van der Waals surface area (Å²) >= 11 is 1.42. The summed E-state index contributed by atoms with van der Waals surface area (Å²) in [6.45, 7) is 6.64. The zero-order valence-corrected chi connectivity index (χ0v) is 17.5. The second kappa shape index (κ2) is 8.80. The monoisotopic (exact) mass is 408 g/mol. The van der Waals surface area contributed by atoms with Crippen LogP contribution in [-0.2, 0) is 9.53 Å². The number of hydrogen-bond donors (Lipinski definition) is 0. The molecule has 0 bridgehead atoms. The van der Waals surface area contributed by atoms with Crippen molar-refractivity contribution in [2.45, 2.75) is 19.0 Å². The lowest BCUT2D eigenvalue weighted by Crippen LogP contribution is -2.41. The average molecular weight is 409 g/mol. The summed E-state index contributed by atoms with van der Waals surface area (Å²) in [5.41, 5.74) is 4.36. The van der Waals surface area contributed by atoms with E-state index in [4.69, 9.17) is 4.74 Å². The number of amides is 1. The van der Waals surface area contributed by atoms with Crippen LogP contribution in [0.5, 0.6) is 0 Å². The maximum atomic E-state index is 12.6. The number of rotatable bonds is 5. The summed E-state index contributed by atoms with van der Waals surface area (Å²) in [6.07, 6.45) is 0. The van der Waals surface area contributed by atoms with Gasteiger partial charge in [0.05, 0.1) is 19.0 Å². The van der Waals surface area contributed by atoms with Gasteiger partial charge in [-0.3, -0.25) is 9.36 Å². The number of thioether (sulfide) groups is 1. The molecule has 1 amide bonds. The zero-order chi connectivity index (χ0) is 20.2. The molecule has 1 aliphatic rings. The molecule has 2 aromatic carbocycles. The predicted molar refractivity (Wildman–Crippen MR) is 114 cm³/mol. The van der Waals surface area contributed by atoms with Crippen LogP contribution in [0.2, 0.25) is 0 Å². The smallest absolute Gasteiger partial charge is 0.233 e. The van der Waals surface area contributed by atoms with Gasteiger partial charge in [-0.1, -0.05) is 59.3 Å². The summed E-state index contributed by atoms with van der Waals surface area (Å²) < 4.78 is 7.36. The van der Waals surface area contributed by atoms with Crippen molar-refractivity contribution in [1.29, 1.82) is 0 Å². The van der Waals surface area contributed by atoms with Crippen LogP contribution in [-0.4, -0.2) is 57.6 Å². The van der Waals surface area contributed by atoms with Crippen molar-refractivity contribution in [1.82, 2.24) is 19.7 Å². The Morgan fingerprint density at radius 1 is 0.966 bits per heavy atom. The van der Waals surface area contributed by atoms with Crippen LogP contribution >= 0.6 is 11.8 Å². The van der Waals surface area contributed by atoms with E-state index in [-0.39, 0.29) is 5.91 Å². The van der Waals surface area contributed by atoms with E-state index in [1.54, 1.807) is 0 Å². The molecule has 0 spiro atoms. The molecule has 1 fully saturated rings. The minimum atomic E-state index is 0.105. The van der Waals surface area contributed by atoms with Gasteiger partial charge in [-0.05, 0) is 26.0 Å². The first-order chi connectivity index (χ1) is 14.1. The van der Waals surface area contributed by atoms with E-state index in [0.29, 0.717) is 37.2 Å². The minimum absolute atomic E-state index is 0.105. The van der Waals surface area contributed by atoms with Crippen LogP contribution in [0.1, 0.15) is 11.1 Å².